The highest BCUT2D eigenvalue weighted by atomic mass is 16.6. The Labute approximate surface area is 74.1 Å². The van der Waals surface area contributed by atoms with Crippen molar-refractivity contribution in [1.29, 1.82) is 0 Å². The third-order valence-corrected chi connectivity index (χ3v) is 2.47. The Morgan fingerprint density at radius 3 is 2.42 bits per heavy atom. The summed E-state index contributed by atoms with van der Waals surface area (Å²) in [4.78, 5) is 0. The zero-order valence-electron chi connectivity index (χ0n) is 7.97. The first kappa shape index (κ1) is 9.96. The van der Waals surface area contributed by atoms with E-state index in [1.165, 1.54) is 26.4 Å². The smallest absolute Gasteiger partial charge is 0.221 e. The molecule has 0 aromatic heterocycles. The second kappa shape index (κ2) is 4.21. The minimum Gasteiger partial charge on any atom is -0.354 e. The summed E-state index contributed by atoms with van der Waals surface area (Å²) in [6, 6.07) is 0.425. The second-order valence-corrected chi connectivity index (χ2v) is 3.67. The zero-order chi connectivity index (χ0) is 9.03. The molecule has 0 saturated heterocycles. The Morgan fingerprint density at radius 2 is 1.92 bits per heavy atom. The maximum absolute atomic E-state index is 9.54. The van der Waals surface area contributed by atoms with E-state index < -0.39 is 5.91 Å². The molecular weight excluding hydrogens is 154 g/mol. The summed E-state index contributed by atoms with van der Waals surface area (Å²) < 4.78 is 4.88. The number of aliphatic hydroxyl groups is 1. The fourth-order valence-corrected chi connectivity index (χ4v) is 1.68. The first-order valence-corrected chi connectivity index (χ1v) is 4.69. The van der Waals surface area contributed by atoms with Gasteiger partial charge in [0.25, 0.3) is 0 Å². The largest absolute Gasteiger partial charge is 0.354 e. The fourth-order valence-electron chi connectivity index (χ4n) is 1.68. The number of rotatable bonds is 3. The number of hydrogen-bond acceptors (Lipinski definition) is 3. The molecule has 3 nitrogen and oxygen atoms in total. The molecule has 72 valence electrons. The molecule has 0 spiro atoms. The molecule has 1 aliphatic rings. The summed E-state index contributed by atoms with van der Waals surface area (Å²) in [5.41, 5.74) is 0. The van der Waals surface area contributed by atoms with Crippen LogP contribution >= 0.6 is 0 Å². The van der Waals surface area contributed by atoms with E-state index in [-0.39, 0.29) is 0 Å². The lowest BCUT2D eigenvalue weighted by Gasteiger charge is -2.31. The lowest BCUT2D eigenvalue weighted by Crippen LogP contribution is -2.50. The maximum atomic E-state index is 9.54. The summed E-state index contributed by atoms with van der Waals surface area (Å²) in [5.74, 6) is -1.15. The molecule has 0 heterocycles. The predicted octanol–water partition coefficient (Wildman–Crippen LogP) is 1.22. The molecule has 1 atom stereocenters. The average Bonchev–Trinajstić information content (AvgIpc) is 2.06. The van der Waals surface area contributed by atoms with Gasteiger partial charge in [0.15, 0.2) is 0 Å². The van der Waals surface area contributed by atoms with E-state index in [0.29, 0.717) is 6.04 Å². The number of nitrogens with one attached hydrogen (secondary N) is 1. The van der Waals surface area contributed by atoms with Crippen LogP contribution in [0.25, 0.3) is 0 Å². The zero-order valence-corrected chi connectivity index (χ0v) is 7.97. The van der Waals surface area contributed by atoms with Gasteiger partial charge in [-0.2, -0.15) is 0 Å². The Kier molecular flexibility index (Phi) is 3.50. The molecule has 1 unspecified atom stereocenters. The van der Waals surface area contributed by atoms with E-state index in [2.05, 4.69) is 5.32 Å². The van der Waals surface area contributed by atoms with Crippen LogP contribution in [-0.4, -0.2) is 24.2 Å². The summed E-state index contributed by atoms with van der Waals surface area (Å²) in [5, 5.41) is 12.6. The van der Waals surface area contributed by atoms with Gasteiger partial charge in [0.1, 0.15) is 0 Å². The van der Waals surface area contributed by atoms with Gasteiger partial charge >= 0.3 is 0 Å². The number of methoxy groups -OCH3 is 1. The van der Waals surface area contributed by atoms with Gasteiger partial charge in [-0.15, -0.1) is 0 Å². The average molecular weight is 173 g/mol. The normalized spacial score (nSPS) is 25.2. The first-order chi connectivity index (χ1) is 5.64. The van der Waals surface area contributed by atoms with Gasteiger partial charge in [-0.3, -0.25) is 5.32 Å². The van der Waals surface area contributed by atoms with E-state index in [1.54, 1.807) is 6.92 Å². The second-order valence-electron chi connectivity index (χ2n) is 3.67. The molecule has 3 heteroatoms. The van der Waals surface area contributed by atoms with Gasteiger partial charge in [-0.05, 0) is 12.8 Å². The van der Waals surface area contributed by atoms with Crippen molar-refractivity contribution >= 4 is 0 Å². The van der Waals surface area contributed by atoms with E-state index in [4.69, 9.17) is 4.74 Å². The van der Waals surface area contributed by atoms with Crippen LogP contribution in [-0.2, 0) is 4.74 Å². The van der Waals surface area contributed by atoms with Gasteiger partial charge < -0.3 is 9.84 Å². The lowest BCUT2D eigenvalue weighted by atomic mass is 9.95. The Hall–Kier alpha value is -0.120. The molecule has 12 heavy (non-hydrogen) atoms. The highest BCUT2D eigenvalue weighted by molar-refractivity contribution is 4.74. The molecule has 0 bridgehead atoms. The van der Waals surface area contributed by atoms with Gasteiger partial charge in [0.05, 0.1) is 0 Å². The van der Waals surface area contributed by atoms with Crippen LogP contribution < -0.4 is 5.32 Å². The molecule has 1 fully saturated rings. The van der Waals surface area contributed by atoms with Gasteiger partial charge in [-0.1, -0.05) is 19.3 Å². The van der Waals surface area contributed by atoms with Crippen molar-refractivity contribution in [2.45, 2.75) is 51.0 Å². The first-order valence-electron chi connectivity index (χ1n) is 4.69. The van der Waals surface area contributed by atoms with Crippen LogP contribution in [0, 0.1) is 0 Å². The molecule has 1 aliphatic carbocycles. The topological polar surface area (TPSA) is 41.5 Å². The minimum absolute atomic E-state index is 0.425. The minimum atomic E-state index is -1.15. The molecular formula is C9H19NO2. The molecule has 1 rings (SSSR count). The molecule has 0 amide bonds. The van der Waals surface area contributed by atoms with Crippen LogP contribution in [0.15, 0.2) is 0 Å². The summed E-state index contributed by atoms with van der Waals surface area (Å²) in [6.07, 6.45) is 6.15. The number of hydrogen-bond donors (Lipinski definition) is 2. The van der Waals surface area contributed by atoms with Crippen molar-refractivity contribution in [2.75, 3.05) is 7.11 Å². The molecule has 0 aliphatic heterocycles. The van der Waals surface area contributed by atoms with Gasteiger partial charge in [0, 0.05) is 20.1 Å². The predicted molar refractivity (Wildman–Crippen MR) is 47.6 cm³/mol. The molecule has 0 radical (unpaired) electrons. The monoisotopic (exact) mass is 173 g/mol. The van der Waals surface area contributed by atoms with Crippen molar-refractivity contribution in [2.24, 2.45) is 0 Å². The molecule has 0 aromatic carbocycles. The van der Waals surface area contributed by atoms with E-state index >= 15 is 0 Å². The molecule has 0 aromatic rings. The SMILES string of the molecule is COC(C)(O)NC1CCCCC1. The highest BCUT2D eigenvalue weighted by Crippen LogP contribution is 2.19. The quantitative estimate of drug-likeness (QED) is 0.630. The van der Waals surface area contributed by atoms with Crippen LogP contribution in [0.1, 0.15) is 39.0 Å². The van der Waals surface area contributed by atoms with Crippen LogP contribution in [0.5, 0.6) is 0 Å². The maximum Gasteiger partial charge on any atom is 0.221 e. The molecule has 2 N–H and O–H groups in total. The van der Waals surface area contributed by atoms with Gasteiger partial charge in [0.2, 0.25) is 5.91 Å². The van der Waals surface area contributed by atoms with E-state index in [1.807, 2.05) is 0 Å². The van der Waals surface area contributed by atoms with Crippen molar-refractivity contribution < 1.29 is 9.84 Å². The lowest BCUT2D eigenvalue weighted by molar-refractivity contribution is -0.200. The Bertz CT molecular complexity index is 130. The number of ether oxygens (including phenoxy) is 1. The van der Waals surface area contributed by atoms with Crippen molar-refractivity contribution in [3.8, 4) is 0 Å². The van der Waals surface area contributed by atoms with E-state index in [0.717, 1.165) is 12.8 Å². The van der Waals surface area contributed by atoms with E-state index in [9.17, 15) is 5.11 Å². The fraction of sp³-hybridized carbons (Fsp3) is 1.00. The van der Waals surface area contributed by atoms with Crippen molar-refractivity contribution in [1.82, 2.24) is 5.32 Å². The van der Waals surface area contributed by atoms with Crippen LogP contribution in [0.2, 0.25) is 0 Å². The third-order valence-electron chi connectivity index (χ3n) is 2.47. The molecule has 1 saturated carbocycles. The van der Waals surface area contributed by atoms with Gasteiger partial charge in [-0.25, -0.2) is 0 Å². The van der Waals surface area contributed by atoms with Crippen molar-refractivity contribution in [3.05, 3.63) is 0 Å². The summed E-state index contributed by atoms with van der Waals surface area (Å²) >= 11 is 0. The van der Waals surface area contributed by atoms with Crippen LogP contribution in [0.4, 0.5) is 0 Å². The standard InChI is InChI=1S/C9H19NO2/c1-9(11,12-2)10-8-6-4-3-5-7-8/h8,10-11H,3-7H2,1-2H3. The third kappa shape index (κ3) is 3.09. The highest BCUT2D eigenvalue weighted by Gasteiger charge is 2.24. The van der Waals surface area contributed by atoms with Crippen LogP contribution in [0.3, 0.4) is 0 Å². The summed E-state index contributed by atoms with van der Waals surface area (Å²) in [7, 11) is 1.51. The Morgan fingerprint density at radius 1 is 1.33 bits per heavy atom. The van der Waals surface area contributed by atoms with Crippen molar-refractivity contribution in [3.63, 3.8) is 0 Å². The summed E-state index contributed by atoms with van der Waals surface area (Å²) in [6.45, 7) is 1.64. The Balaban J connectivity index is 2.28.